The van der Waals surface area contributed by atoms with E-state index in [1.807, 2.05) is 0 Å². The Labute approximate surface area is 78.3 Å². The SMILES string of the molecule is CCCC(C(NC)C(=O)O)=S(=O)=O. The van der Waals surface area contributed by atoms with Crippen molar-refractivity contribution in [3.8, 4) is 0 Å². The van der Waals surface area contributed by atoms with Crippen LogP contribution >= 0.6 is 0 Å². The van der Waals surface area contributed by atoms with Gasteiger partial charge in [-0.15, -0.1) is 0 Å². The summed E-state index contributed by atoms with van der Waals surface area (Å²) >= 11 is 0. The maximum absolute atomic E-state index is 10.7. The number of hydrogen-bond acceptors (Lipinski definition) is 4. The summed E-state index contributed by atoms with van der Waals surface area (Å²) in [6.07, 6.45) is 0.878. The van der Waals surface area contributed by atoms with Crippen LogP contribution in [0.5, 0.6) is 0 Å². The third-order valence-corrected chi connectivity index (χ3v) is 2.44. The maximum Gasteiger partial charge on any atom is 0.326 e. The lowest BCUT2D eigenvalue weighted by molar-refractivity contribution is -0.137. The van der Waals surface area contributed by atoms with Gasteiger partial charge in [0.05, 0.1) is 4.86 Å². The molecule has 0 aromatic rings. The van der Waals surface area contributed by atoms with Crippen LogP contribution in [0.25, 0.3) is 0 Å². The minimum atomic E-state index is -2.43. The highest BCUT2D eigenvalue weighted by Gasteiger charge is 2.22. The van der Waals surface area contributed by atoms with Crippen molar-refractivity contribution < 1.29 is 18.3 Å². The second-order valence-corrected chi connectivity index (χ2v) is 3.50. The maximum atomic E-state index is 10.7. The van der Waals surface area contributed by atoms with Crippen LogP contribution in [0.3, 0.4) is 0 Å². The number of rotatable bonds is 5. The largest absolute Gasteiger partial charge is 0.480 e. The molecule has 2 N–H and O–H groups in total. The van der Waals surface area contributed by atoms with E-state index in [-0.39, 0.29) is 11.3 Å². The van der Waals surface area contributed by atoms with Crippen molar-refractivity contribution in [1.29, 1.82) is 0 Å². The highest BCUT2D eigenvalue weighted by Crippen LogP contribution is 1.97. The van der Waals surface area contributed by atoms with Gasteiger partial charge in [-0.05, 0) is 13.5 Å². The number of aliphatic carboxylic acids is 1. The molecular weight excluding hydrogens is 194 g/mol. The third kappa shape index (κ3) is 3.56. The van der Waals surface area contributed by atoms with E-state index in [0.29, 0.717) is 6.42 Å². The van der Waals surface area contributed by atoms with Gasteiger partial charge in [0.2, 0.25) is 10.3 Å². The monoisotopic (exact) mass is 207 g/mol. The molecule has 0 fully saturated rings. The molecule has 0 spiro atoms. The van der Waals surface area contributed by atoms with Gasteiger partial charge < -0.3 is 10.4 Å². The zero-order valence-corrected chi connectivity index (χ0v) is 8.39. The standard InChI is InChI=1S/C7H13NO4S/c1-3-4-5(13(11)12)6(8-2)7(9)10/h6,8H,3-4H2,1-2H3,(H,9,10). The molecule has 1 unspecified atom stereocenters. The molecular formula is C7H13NO4S. The van der Waals surface area contributed by atoms with Crippen molar-refractivity contribution in [2.45, 2.75) is 25.8 Å². The Balaban J connectivity index is 4.94. The molecule has 0 rings (SSSR count). The number of nitrogens with one attached hydrogen (secondary N) is 1. The summed E-state index contributed by atoms with van der Waals surface area (Å²) in [7, 11) is -1.01. The normalized spacial score (nSPS) is 12.2. The quantitative estimate of drug-likeness (QED) is 0.594. The van der Waals surface area contributed by atoms with Crippen LogP contribution in [-0.4, -0.2) is 37.4 Å². The molecule has 0 aliphatic heterocycles. The van der Waals surface area contributed by atoms with Crippen LogP contribution in [0, 0.1) is 0 Å². The van der Waals surface area contributed by atoms with E-state index in [2.05, 4.69) is 5.32 Å². The molecule has 0 saturated heterocycles. The van der Waals surface area contributed by atoms with Crippen molar-refractivity contribution in [1.82, 2.24) is 5.32 Å². The summed E-state index contributed by atoms with van der Waals surface area (Å²) in [4.78, 5) is 10.6. The second kappa shape index (κ2) is 5.71. The topological polar surface area (TPSA) is 83.5 Å². The van der Waals surface area contributed by atoms with Crippen LogP contribution in [0.1, 0.15) is 19.8 Å². The number of hydrogen-bond donors (Lipinski definition) is 2. The van der Waals surface area contributed by atoms with Crippen LogP contribution in [0.4, 0.5) is 0 Å². The molecule has 0 aliphatic rings. The first kappa shape index (κ1) is 12.1. The number of carbonyl (C=O) groups is 1. The van der Waals surface area contributed by atoms with E-state index in [1.54, 1.807) is 6.92 Å². The zero-order valence-electron chi connectivity index (χ0n) is 7.57. The third-order valence-electron chi connectivity index (χ3n) is 1.57. The predicted octanol–water partition coefficient (Wildman–Crippen LogP) is -0.489. The molecule has 5 nitrogen and oxygen atoms in total. The number of carboxylic acids is 1. The van der Waals surface area contributed by atoms with Crippen molar-refractivity contribution in [2.75, 3.05) is 7.05 Å². The van der Waals surface area contributed by atoms with Gasteiger partial charge in [0.15, 0.2) is 0 Å². The van der Waals surface area contributed by atoms with Crippen LogP contribution in [0.2, 0.25) is 0 Å². The van der Waals surface area contributed by atoms with E-state index in [9.17, 15) is 13.2 Å². The molecule has 0 amide bonds. The van der Waals surface area contributed by atoms with Gasteiger partial charge in [0.25, 0.3) is 0 Å². The number of carboxylic acid groups (broad SMARTS) is 1. The second-order valence-electron chi connectivity index (χ2n) is 2.51. The van der Waals surface area contributed by atoms with Gasteiger partial charge in [0, 0.05) is 0 Å². The lowest BCUT2D eigenvalue weighted by atomic mass is 10.1. The Hall–Kier alpha value is -0.880. The van der Waals surface area contributed by atoms with E-state index >= 15 is 0 Å². The van der Waals surface area contributed by atoms with Crippen LogP contribution in [-0.2, 0) is 15.1 Å². The van der Waals surface area contributed by atoms with Crippen LogP contribution < -0.4 is 5.32 Å². The minimum Gasteiger partial charge on any atom is -0.480 e. The van der Waals surface area contributed by atoms with Gasteiger partial charge >= 0.3 is 5.97 Å². The zero-order chi connectivity index (χ0) is 10.4. The Morgan fingerprint density at radius 3 is 2.31 bits per heavy atom. The van der Waals surface area contributed by atoms with E-state index in [0.717, 1.165) is 0 Å². The molecule has 1 atom stereocenters. The van der Waals surface area contributed by atoms with Gasteiger partial charge in [-0.3, -0.25) is 4.79 Å². The minimum absolute atomic E-state index is 0.00231. The summed E-state index contributed by atoms with van der Waals surface area (Å²) in [6, 6.07) is -1.10. The summed E-state index contributed by atoms with van der Waals surface area (Å²) < 4.78 is 21.3. The van der Waals surface area contributed by atoms with E-state index < -0.39 is 22.3 Å². The first-order valence-electron chi connectivity index (χ1n) is 3.89. The average molecular weight is 207 g/mol. The van der Waals surface area contributed by atoms with Crippen LogP contribution in [0.15, 0.2) is 0 Å². The van der Waals surface area contributed by atoms with Crippen molar-refractivity contribution in [3.63, 3.8) is 0 Å². The Kier molecular flexibility index (Phi) is 5.33. The summed E-state index contributed by atoms with van der Waals surface area (Å²) in [5.74, 6) is -1.17. The molecule has 76 valence electrons. The fraction of sp³-hybridized carbons (Fsp3) is 0.714. The fourth-order valence-corrected chi connectivity index (χ4v) is 1.77. The Morgan fingerprint density at radius 2 is 2.08 bits per heavy atom. The fourth-order valence-electron chi connectivity index (χ4n) is 0.992. The first-order chi connectivity index (χ1) is 6.04. The van der Waals surface area contributed by atoms with E-state index in [1.165, 1.54) is 7.05 Å². The molecule has 0 radical (unpaired) electrons. The highest BCUT2D eigenvalue weighted by atomic mass is 32.2. The van der Waals surface area contributed by atoms with Gasteiger partial charge in [-0.1, -0.05) is 13.3 Å². The van der Waals surface area contributed by atoms with Crippen molar-refractivity contribution in [3.05, 3.63) is 0 Å². The molecule has 6 heteroatoms. The lowest BCUT2D eigenvalue weighted by Gasteiger charge is -2.10. The molecule has 0 aliphatic carbocycles. The summed E-state index contributed by atoms with van der Waals surface area (Å²) in [6.45, 7) is 1.79. The van der Waals surface area contributed by atoms with E-state index in [4.69, 9.17) is 5.11 Å². The Morgan fingerprint density at radius 1 is 1.54 bits per heavy atom. The molecule has 13 heavy (non-hydrogen) atoms. The molecule has 0 aromatic heterocycles. The predicted molar refractivity (Wildman–Crippen MR) is 49.3 cm³/mol. The highest BCUT2D eigenvalue weighted by molar-refractivity contribution is 7.73. The summed E-state index contributed by atoms with van der Waals surface area (Å²) in [5, 5.41) is 11.1. The molecule has 0 aromatic carbocycles. The summed E-state index contributed by atoms with van der Waals surface area (Å²) in [5.41, 5.74) is 0. The van der Waals surface area contributed by atoms with Gasteiger partial charge in [-0.2, -0.15) is 8.42 Å². The van der Waals surface area contributed by atoms with Crippen molar-refractivity contribution >= 4 is 21.1 Å². The smallest absolute Gasteiger partial charge is 0.326 e. The number of likely N-dealkylation sites (N-methyl/N-ethyl adjacent to an activating group) is 1. The molecule has 0 bridgehead atoms. The molecule has 0 heterocycles. The first-order valence-corrected chi connectivity index (χ1v) is 4.97. The van der Waals surface area contributed by atoms with Crippen molar-refractivity contribution in [2.24, 2.45) is 0 Å². The lowest BCUT2D eigenvalue weighted by Crippen LogP contribution is -2.41. The average Bonchev–Trinajstić information content (AvgIpc) is 2.03. The Bertz CT molecular complexity index is 298. The van der Waals surface area contributed by atoms with Gasteiger partial charge in [0.1, 0.15) is 6.04 Å². The molecule has 0 saturated carbocycles. The van der Waals surface area contributed by atoms with Gasteiger partial charge in [-0.25, -0.2) is 0 Å².